The Balaban J connectivity index is 1.54. The Morgan fingerprint density at radius 1 is 1.19 bits per heavy atom. The number of thiophene rings is 1. The second kappa shape index (κ2) is 5.61. The van der Waals surface area contributed by atoms with Crippen LogP contribution >= 0.6 is 11.3 Å². The molecule has 0 aliphatic carbocycles. The third-order valence-corrected chi connectivity index (χ3v) is 7.07. The summed E-state index contributed by atoms with van der Waals surface area (Å²) in [4.78, 5) is 29.5. The summed E-state index contributed by atoms with van der Waals surface area (Å²) < 4.78 is 11.4. The van der Waals surface area contributed by atoms with E-state index >= 15 is 0 Å². The minimum Gasteiger partial charge on any atom is -0.353 e. The van der Waals surface area contributed by atoms with E-state index in [9.17, 15) is 9.59 Å². The largest absolute Gasteiger partial charge is 0.353 e. The molecule has 0 radical (unpaired) electrons. The molecule has 6 rings (SSSR count). The van der Waals surface area contributed by atoms with Gasteiger partial charge in [0.15, 0.2) is 11.6 Å². The average molecular weight is 379 g/mol. The molecule has 1 aromatic carbocycles. The summed E-state index contributed by atoms with van der Waals surface area (Å²) in [5.74, 6) is -0.454. The van der Waals surface area contributed by atoms with E-state index in [1.165, 1.54) is 11.3 Å². The number of rotatable bonds is 2. The third kappa shape index (κ3) is 2.06. The summed E-state index contributed by atoms with van der Waals surface area (Å²) in [5, 5.41) is 1.92. The van der Waals surface area contributed by atoms with Crippen LogP contribution in [0.1, 0.15) is 15.2 Å². The Bertz CT molecular complexity index is 968. The molecular formula is C21H17NO4S. The van der Waals surface area contributed by atoms with Crippen molar-refractivity contribution in [1.82, 2.24) is 0 Å². The molecule has 0 unspecified atom stereocenters. The van der Waals surface area contributed by atoms with Crippen molar-refractivity contribution in [1.29, 1.82) is 0 Å². The number of hydrogen-bond donors (Lipinski definition) is 0. The van der Waals surface area contributed by atoms with Crippen molar-refractivity contribution in [2.24, 2.45) is 11.8 Å². The van der Waals surface area contributed by atoms with Crippen LogP contribution in [-0.4, -0.2) is 42.7 Å². The monoisotopic (exact) mass is 379 g/mol. The lowest BCUT2D eigenvalue weighted by Gasteiger charge is -2.35. The zero-order valence-electron chi connectivity index (χ0n) is 14.4. The smallest absolute Gasteiger partial charge is 0.218 e. The molecule has 6 atom stereocenters. The second-order valence-electron chi connectivity index (χ2n) is 7.45. The fraction of sp³-hybridized carbons (Fsp3) is 0.333. The molecule has 3 fully saturated rings. The van der Waals surface area contributed by atoms with Crippen LogP contribution in [0.2, 0.25) is 0 Å². The van der Waals surface area contributed by atoms with Gasteiger partial charge in [0.2, 0.25) is 6.29 Å². The molecule has 1 aromatic heterocycles. The van der Waals surface area contributed by atoms with E-state index in [0.29, 0.717) is 6.61 Å². The molecule has 3 saturated heterocycles. The molecule has 27 heavy (non-hydrogen) atoms. The van der Waals surface area contributed by atoms with Crippen molar-refractivity contribution in [2.75, 3.05) is 11.5 Å². The number of hydrogen-bond acceptors (Lipinski definition) is 6. The van der Waals surface area contributed by atoms with Gasteiger partial charge in [-0.05, 0) is 23.1 Å². The normalized spacial score (nSPS) is 35.7. The number of benzene rings is 1. The van der Waals surface area contributed by atoms with Gasteiger partial charge in [0.1, 0.15) is 6.04 Å². The lowest BCUT2D eigenvalue weighted by Crippen LogP contribution is -2.48. The van der Waals surface area contributed by atoms with Crippen LogP contribution in [0, 0.1) is 11.8 Å². The van der Waals surface area contributed by atoms with Crippen LogP contribution in [0.4, 0.5) is 5.69 Å². The van der Waals surface area contributed by atoms with E-state index in [1.807, 2.05) is 41.8 Å². The third-order valence-electron chi connectivity index (χ3n) is 6.19. The van der Waals surface area contributed by atoms with Gasteiger partial charge in [-0.15, -0.1) is 11.3 Å². The Kier molecular flexibility index (Phi) is 3.27. The topological polar surface area (TPSA) is 55.8 Å². The number of anilines is 1. The molecule has 2 bridgehead atoms. The number of nitrogens with zero attached hydrogens (tertiary/aromatic N) is 1. The van der Waals surface area contributed by atoms with Gasteiger partial charge in [-0.3, -0.25) is 9.59 Å². The van der Waals surface area contributed by atoms with Crippen LogP contribution in [0.3, 0.4) is 0 Å². The van der Waals surface area contributed by atoms with Gasteiger partial charge in [0, 0.05) is 11.6 Å². The van der Waals surface area contributed by atoms with E-state index in [1.54, 1.807) is 0 Å². The molecule has 5 nitrogen and oxygen atoms in total. The van der Waals surface area contributed by atoms with Gasteiger partial charge >= 0.3 is 0 Å². The molecule has 5 heterocycles. The molecule has 0 N–H and O–H groups in total. The fourth-order valence-corrected chi connectivity index (χ4v) is 5.84. The number of fused-ring (bicyclic) bond motifs is 8. The van der Waals surface area contributed by atoms with E-state index in [2.05, 4.69) is 17.1 Å². The molecule has 6 heteroatoms. The highest BCUT2D eigenvalue weighted by Crippen LogP contribution is 2.51. The van der Waals surface area contributed by atoms with Crippen molar-refractivity contribution in [3.63, 3.8) is 0 Å². The van der Waals surface area contributed by atoms with Crippen molar-refractivity contribution in [2.45, 2.75) is 24.5 Å². The number of Topliss-reactive ketones (excluding diaryl/α,β-unsaturated/α-hetero) is 2. The second-order valence-corrected chi connectivity index (χ2v) is 8.40. The van der Waals surface area contributed by atoms with Crippen molar-refractivity contribution < 1.29 is 19.1 Å². The molecule has 136 valence electrons. The predicted octanol–water partition coefficient (Wildman–Crippen LogP) is 2.77. The van der Waals surface area contributed by atoms with E-state index in [0.717, 1.165) is 16.1 Å². The summed E-state index contributed by atoms with van der Waals surface area (Å²) in [7, 11) is 0. The molecule has 4 aliphatic rings. The van der Waals surface area contributed by atoms with Crippen molar-refractivity contribution in [3.8, 4) is 0 Å². The maximum Gasteiger partial charge on any atom is 0.218 e. The number of carbonyl (C=O) groups is 2. The zero-order valence-corrected chi connectivity index (χ0v) is 15.2. The minimum atomic E-state index is -0.778. The molecule has 4 aliphatic heterocycles. The number of ether oxygens (including phenoxy) is 2. The highest BCUT2D eigenvalue weighted by molar-refractivity contribution is 7.12. The SMILES string of the molecule is O=C1[C@H]2OC[C@H](O2)[C@H]2[C@@H]1[C@H]1C=Cc3ccccc3N1[C@@H]2C(=O)c1cccs1. The summed E-state index contributed by atoms with van der Waals surface area (Å²) in [5.41, 5.74) is 2.09. The van der Waals surface area contributed by atoms with Gasteiger partial charge < -0.3 is 14.4 Å². The Morgan fingerprint density at radius 3 is 2.93 bits per heavy atom. The molecule has 0 spiro atoms. The van der Waals surface area contributed by atoms with Crippen LogP contribution in [0.5, 0.6) is 0 Å². The Morgan fingerprint density at radius 2 is 2.07 bits per heavy atom. The van der Waals surface area contributed by atoms with Gasteiger partial charge in [0.05, 0.1) is 29.5 Å². The lowest BCUT2D eigenvalue weighted by molar-refractivity contribution is -0.163. The summed E-state index contributed by atoms with van der Waals surface area (Å²) in [6, 6.07) is 11.2. The van der Waals surface area contributed by atoms with Crippen molar-refractivity contribution >= 4 is 34.7 Å². The van der Waals surface area contributed by atoms with Crippen LogP contribution in [0.15, 0.2) is 47.9 Å². The van der Waals surface area contributed by atoms with Crippen LogP contribution in [-0.2, 0) is 14.3 Å². The van der Waals surface area contributed by atoms with Gasteiger partial charge in [-0.1, -0.05) is 36.4 Å². The molecule has 0 saturated carbocycles. The first-order valence-corrected chi connectivity index (χ1v) is 10.1. The van der Waals surface area contributed by atoms with Gasteiger partial charge in [-0.2, -0.15) is 0 Å². The highest BCUT2D eigenvalue weighted by atomic mass is 32.1. The zero-order chi connectivity index (χ0) is 18.1. The first-order valence-electron chi connectivity index (χ1n) is 9.18. The van der Waals surface area contributed by atoms with Gasteiger partial charge in [0.25, 0.3) is 0 Å². The Hall–Kier alpha value is -2.28. The van der Waals surface area contributed by atoms with Crippen molar-refractivity contribution in [3.05, 3.63) is 58.3 Å². The van der Waals surface area contributed by atoms with Crippen LogP contribution in [0.25, 0.3) is 6.08 Å². The average Bonchev–Trinajstić information content (AvgIpc) is 3.43. The number of para-hydroxylation sites is 1. The number of ketones is 2. The van der Waals surface area contributed by atoms with Gasteiger partial charge in [-0.25, -0.2) is 0 Å². The van der Waals surface area contributed by atoms with E-state index in [4.69, 9.17) is 9.47 Å². The lowest BCUT2D eigenvalue weighted by atomic mass is 9.77. The Labute approximate surface area is 160 Å². The summed E-state index contributed by atoms with van der Waals surface area (Å²) in [6.07, 6.45) is 3.14. The predicted molar refractivity (Wildman–Crippen MR) is 101 cm³/mol. The highest BCUT2D eigenvalue weighted by Gasteiger charge is 2.63. The molecule has 2 aromatic rings. The summed E-state index contributed by atoms with van der Waals surface area (Å²) in [6.45, 7) is 0.373. The molecular weight excluding hydrogens is 362 g/mol. The maximum atomic E-state index is 13.5. The molecule has 0 amide bonds. The first-order chi connectivity index (χ1) is 13.2. The van der Waals surface area contributed by atoms with E-state index < -0.39 is 12.3 Å². The minimum absolute atomic E-state index is 0.0331. The number of carbonyl (C=O) groups excluding carboxylic acids is 2. The maximum absolute atomic E-state index is 13.5. The van der Waals surface area contributed by atoms with E-state index in [-0.39, 0.29) is 35.5 Å². The first kappa shape index (κ1) is 15.7. The summed E-state index contributed by atoms with van der Waals surface area (Å²) >= 11 is 1.45. The fourth-order valence-electron chi connectivity index (χ4n) is 5.14. The van der Waals surface area contributed by atoms with Crippen LogP contribution < -0.4 is 4.90 Å². The standard InChI is InChI=1S/C21H17NO4S/c23-19(15-6-3-9-27-15)18-17-14-10-25-21(26-14)20(24)16(17)13-8-7-11-4-1-2-5-12(11)22(13)18/h1-9,13-14,16-18,21H,10H2/t13-,14+,16+,17+,18+,21+/m1/s1. The quantitative estimate of drug-likeness (QED) is 0.751.